The van der Waals surface area contributed by atoms with Crippen LogP contribution in [0.3, 0.4) is 0 Å². The van der Waals surface area contributed by atoms with Gasteiger partial charge in [0.2, 0.25) is 5.91 Å². The van der Waals surface area contributed by atoms with E-state index in [1.807, 2.05) is 30.6 Å². The molecule has 21 heavy (non-hydrogen) atoms. The number of rotatable bonds is 3. The van der Waals surface area contributed by atoms with Crippen LogP contribution in [0, 0.1) is 11.3 Å². The second-order valence-electron chi connectivity index (χ2n) is 5.20. The number of amides is 1. The zero-order valence-electron chi connectivity index (χ0n) is 11.6. The number of carbonyl (C=O) groups is 1. The van der Waals surface area contributed by atoms with Gasteiger partial charge in [-0.15, -0.1) is 0 Å². The minimum atomic E-state index is -0.184. The van der Waals surface area contributed by atoms with Gasteiger partial charge in [-0.1, -0.05) is 6.08 Å². The molecule has 0 fully saturated rings. The van der Waals surface area contributed by atoms with Crippen LogP contribution in [-0.4, -0.2) is 21.9 Å². The van der Waals surface area contributed by atoms with Crippen molar-refractivity contribution < 1.29 is 4.79 Å². The van der Waals surface area contributed by atoms with Crippen LogP contribution in [-0.2, 0) is 4.79 Å². The lowest BCUT2D eigenvalue weighted by Gasteiger charge is -2.23. The Balaban J connectivity index is 1.75. The number of nitriles is 1. The first-order valence-electron chi connectivity index (χ1n) is 7.05. The van der Waals surface area contributed by atoms with Crippen LogP contribution in [0.2, 0.25) is 0 Å². The van der Waals surface area contributed by atoms with Crippen LogP contribution < -0.4 is 5.32 Å². The Morgan fingerprint density at radius 1 is 1.52 bits per heavy atom. The highest BCUT2D eigenvalue weighted by Gasteiger charge is 2.18. The molecule has 106 valence electrons. The third-order valence-corrected chi connectivity index (χ3v) is 3.82. The molecule has 0 spiro atoms. The Hall–Kier alpha value is -2.61. The first kappa shape index (κ1) is 13.4. The van der Waals surface area contributed by atoms with E-state index in [9.17, 15) is 4.79 Å². The molecule has 2 N–H and O–H groups in total. The van der Waals surface area contributed by atoms with E-state index in [1.54, 1.807) is 0 Å². The quantitative estimate of drug-likeness (QED) is 0.906. The van der Waals surface area contributed by atoms with Crippen LogP contribution in [0.1, 0.15) is 31.2 Å². The number of aromatic nitrogens is 2. The normalized spacial score (nSPS) is 18.0. The summed E-state index contributed by atoms with van der Waals surface area (Å²) in [6.45, 7) is 0. The Labute approximate surface area is 122 Å². The van der Waals surface area contributed by atoms with Crippen molar-refractivity contribution in [2.75, 3.05) is 0 Å². The molecule has 0 aromatic carbocycles. The van der Waals surface area contributed by atoms with Gasteiger partial charge in [0.25, 0.3) is 0 Å². The minimum Gasteiger partial charge on any atom is -0.352 e. The molecule has 5 heteroatoms. The molecule has 0 bridgehead atoms. The molecule has 0 saturated heterocycles. The number of nitrogens with one attached hydrogen (secondary N) is 2. The Kier molecular flexibility index (Phi) is 3.69. The summed E-state index contributed by atoms with van der Waals surface area (Å²) >= 11 is 0. The van der Waals surface area contributed by atoms with Gasteiger partial charge in [0.15, 0.2) is 0 Å². The number of carbonyl (C=O) groups excluding carboxylic acids is 1. The van der Waals surface area contributed by atoms with Crippen LogP contribution in [0.15, 0.2) is 30.6 Å². The summed E-state index contributed by atoms with van der Waals surface area (Å²) in [5.41, 5.74) is 3.41. The maximum atomic E-state index is 11.4. The third kappa shape index (κ3) is 2.79. The monoisotopic (exact) mass is 280 g/mol. The standard InChI is InChI=1S/C16H16N4O/c17-8-5-15(21)20-12-3-1-11(2-4-12)13-6-9-18-16-14(13)7-10-19-16/h1,6-7,9-10,12H,2-5H2,(H,18,19)(H,20,21). The molecule has 3 rings (SSSR count). The lowest BCUT2D eigenvalue weighted by molar-refractivity contribution is -0.120. The zero-order chi connectivity index (χ0) is 14.7. The van der Waals surface area contributed by atoms with Gasteiger partial charge in [0, 0.05) is 23.8 Å². The van der Waals surface area contributed by atoms with E-state index in [4.69, 9.17) is 5.26 Å². The summed E-state index contributed by atoms with van der Waals surface area (Å²) in [7, 11) is 0. The van der Waals surface area contributed by atoms with Crippen LogP contribution in [0.25, 0.3) is 16.6 Å². The minimum absolute atomic E-state index is 0.0681. The van der Waals surface area contributed by atoms with E-state index in [-0.39, 0.29) is 18.4 Å². The van der Waals surface area contributed by atoms with E-state index < -0.39 is 0 Å². The van der Waals surface area contributed by atoms with Crippen LogP contribution >= 0.6 is 0 Å². The van der Waals surface area contributed by atoms with Gasteiger partial charge in [0.05, 0.1) is 6.07 Å². The number of pyridine rings is 1. The number of fused-ring (bicyclic) bond motifs is 1. The van der Waals surface area contributed by atoms with Gasteiger partial charge in [-0.05, 0) is 42.5 Å². The van der Waals surface area contributed by atoms with Gasteiger partial charge in [-0.3, -0.25) is 4.79 Å². The molecule has 0 saturated carbocycles. The van der Waals surface area contributed by atoms with Crippen molar-refractivity contribution >= 4 is 22.5 Å². The van der Waals surface area contributed by atoms with E-state index in [1.165, 1.54) is 11.1 Å². The summed E-state index contributed by atoms with van der Waals surface area (Å²) in [6.07, 6.45) is 8.45. The molecule has 0 radical (unpaired) electrons. The molecule has 0 aliphatic heterocycles. The SMILES string of the molecule is N#CCC(=O)NC1CC=C(c2ccnc3[nH]ccc23)CC1. The maximum absolute atomic E-state index is 11.4. The molecule has 1 aliphatic carbocycles. The topological polar surface area (TPSA) is 81.6 Å². The van der Waals surface area contributed by atoms with Gasteiger partial charge in [-0.25, -0.2) is 4.98 Å². The highest BCUT2D eigenvalue weighted by atomic mass is 16.1. The smallest absolute Gasteiger partial charge is 0.234 e. The fourth-order valence-corrected chi connectivity index (χ4v) is 2.80. The molecule has 5 nitrogen and oxygen atoms in total. The summed E-state index contributed by atoms with van der Waals surface area (Å²) in [6, 6.07) is 6.09. The zero-order valence-corrected chi connectivity index (χ0v) is 11.6. The first-order chi connectivity index (χ1) is 10.3. The molecule has 2 heterocycles. The predicted molar refractivity (Wildman–Crippen MR) is 80.1 cm³/mol. The Bertz CT molecular complexity index is 738. The second kappa shape index (κ2) is 5.80. The molecule has 2 aromatic rings. The maximum Gasteiger partial charge on any atom is 0.234 e. The highest BCUT2D eigenvalue weighted by Crippen LogP contribution is 2.30. The van der Waals surface area contributed by atoms with Crippen molar-refractivity contribution in [1.29, 1.82) is 5.26 Å². The van der Waals surface area contributed by atoms with Crippen molar-refractivity contribution in [3.63, 3.8) is 0 Å². The van der Waals surface area contributed by atoms with Crippen LogP contribution in [0.5, 0.6) is 0 Å². The summed E-state index contributed by atoms with van der Waals surface area (Å²) < 4.78 is 0. The highest BCUT2D eigenvalue weighted by molar-refractivity contribution is 5.90. The lowest BCUT2D eigenvalue weighted by atomic mass is 9.90. The van der Waals surface area contributed by atoms with E-state index in [0.717, 1.165) is 30.3 Å². The third-order valence-electron chi connectivity index (χ3n) is 3.82. The van der Waals surface area contributed by atoms with Gasteiger partial charge < -0.3 is 10.3 Å². The number of aromatic amines is 1. The average molecular weight is 280 g/mol. The molecular weight excluding hydrogens is 264 g/mol. The van der Waals surface area contributed by atoms with Crippen molar-refractivity contribution in [2.45, 2.75) is 31.7 Å². The van der Waals surface area contributed by atoms with Gasteiger partial charge in [-0.2, -0.15) is 5.26 Å². The molecule has 2 aromatic heterocycles. The molecular formula is C16H16N4O. The number of H-pyrrole nitrogens is 1. The summed E-state index contributed by atoms with van der Waals surface area (Å²) in [4.78, 5) is 18.9. The fourth-order valence-electron chi connectivity index (χ4n) is 2.80. The van der Waals surface area contributed by atoms with E-state index in [0.29, 0.717) is 0 Å². The predicted octanol–water partition coefficient (Wildman–Crippen LogP) is 2.53. The first-order valence-corrected chi connectivity index (χ1v) is 7.05. The summed E-state index contributed by atoms with van der Waals surface area (Å²) in [5.74, 6) is -0.184. The van der Waals surface area contributed by atoms with Crippen molar-refractivity contribution in [3.05, 3.63) is 36.2 Å². The molecule has 1 aliphatic rings. The van der Waals surface area contributed by atoms with E-state index in [2.05, 4.69) is 21.4 Å². The lowest BCUT2D eigenvalue weighted by Crippen LogP contribution is -2.35. The van der Waals surface area contributed by atoms with Crippen LogP contribution in [0.4, 0.5) is 0 Å². The largest absolute Gasteiger partial charge is 0.352 e. The van der Waals surface area contributed by atoms with Crippen molar-refractivity contribution in [3.8, 4) is 6.07 Å². The fraction of sp³-hybridized carbons (Fsp3) is 0.312. The van der Waals surface area contributed by atoms with Crippen molar-refractivity contribution in [1.82, 2.24) is 15.3 Å². The molecule has 1 unspecified atom stereocenters. The average Bonchev–Trinajstić information content (AvgIpc) is 2.97. The number of nitrogens with zero attached hydrogens (tertiary/aromatic N) is 2. The Morgan fingerprint density at radius 3 is 3.19 bits per heavy atom. The summed E-state index contributed by atoms with van der Waals surface area (Å²) in [5, 5.41) is 12.5. The molecule has 1 atom stereocenters. The number of allylic oxidation sites excluding steroid dienone is 1. The van der Waals surface area contributed by atoms with Gasteiger partial charge >= 0.3 is 0 Å². The van der Waals surface area contributed by atoms with Crippen molar-refractivity contribution in [2.24, 2.45) is 0 Å². The number of hydrogen-bond acceptors (Lipinski definition) is 3. The van der Waals surface area contributed by atoms with Gasteiger partial charge in [0.1, 0.15) is 12.1 Å². The number of hydrogen-bond donors (Lipinski definition) is 2. The Morgan fingerprint density at radius 2 is 2.43 bits per heavy atom. The second-order valence-corrected chi connectivity index (χ2v) is 5.20. The molecule has 1 amide bonds. The van der Waals surface area contributed by atoms with E-state index >= 15 is 0 Å².